The van der Waals surface area contributed by atoms with E-state index < -0.39 is 0 Å². The zero-order valence-electron chi connectivity index (χ0n) is 14.2. The molecule has 3 aromatic rings. The third kappa shape index (κ3) is 3.88. The molecule has 130 valence electrons. The van der Waals surface area contributed by atoms with Gasteiger partial charge in [-0.1, -0.05) is 23.9 Å². The van der Waals surface area contributed by atoms with Gasteiger partial charge in [-0.25, -0.2) is 0 Å². The maximum Gasteiger partial charge on any atom is 0.277 e. The van der Waals surface area contributed by atoms with Crippen LogP contribution in [-0.2, 0) is 5.75 Å². The first-order chi connectivity index (χ1) is 12.2. The van der Waals surface area contributed by atoms with Crippen molar-refractivity contribution in [3.05, 3.63) is 48.0 Å². The molecule has 0 unspecified atom stereocenters. The van der Waals surface area contributed by atoms with Crippen LogP contribution in [0, 0.1) is 0 Å². The van der Waals surface area contributed by atoms with Gasteiger partial charge in [-0.15, -0.1) is 10.2 Å². The van der Waals surface area contributed by atoms with E-state index in [0.29, 0.717) is 22.6 Å². The number of hydrogen-bond acceptors (Lipinski definition) is 7. The minimum atomic E-state index is 0.428. The van der Waals surface area contributed by atoms with Crippen LogP contribution in [0.5, 0.6) is 17.2 Å². The van der Waals surface area contributed by atoms with E-state index in [1.54, 1.807) is 21.3 Å². The zero-order valence-corrected chi connectivity index (χ0v) is 15.0. The molecule has 25 heavy (non-hydrogen) atoms. The van der Waals surface area contributed by atoms with Gasteiger partial charge in [0, 0.05) is 11.3 Å². The summed E-state index contributed by atoms with van der Waals surface area (Å²) >= 11 is 1.43. The van der Waals surface area contributed by atoms with Crippen LogP contribution in [0.25, 0.3) is 11.5 Å². The summed E-state index contributed by atoms with van der Waals surface area (Å²) < 4.78 is 21.7. The molecule has 6 nitrogen and oxygen atoms in total. The van der Waals surface area contributed by atoms with Gasteiger partial charge in [0.15, 0.2) is 0 Å². The molecule has 0 N–H and O–H groups in total. The number of thioether (sulfide) groups is 1. The average Bonchev–Trinajstić information content (AvgIpc) is 3.14. The van der Waals surface area contributed by atoms with Gasteiger partial charge in [-0.05, 0) is 30.3 Å². The normalized spacial score (nSPS) is 10.5. The van der Waals surface area contributed by atoms with Crippen LogP contribution in [-0.4, -0.2) is 31.5 Å². The Hall–Kier alpha value is -2.67. The third-order valence-electron chi connectivity index (χ3n) is 3.58. The lowest BCUT2D eigenvalue weighted by Crippen LogP contribution is -1.92. The Kier molecular flexibility index (Phi) is 5.45. The fourth-order valence-corrected chi connectivity index (χ4v) is 3.07. The Balaban J connectivity index is 1.76. The van der Waals surface area contributed by atoms with Gasteiger partial charge in [0.2, 0.25) is 0 Å². The highest BCUT2D eigenvalue weighted by Gasteiger charge is 2.14. The van der Waals surface area contributed by atoms with E-state index in [1.165, 1.54) is 11.8 Å². The fourth-order valence-electron chi connectivity index (χ4n) is 2.33. The summed E-state index contributed by atoms with van der Waals surface area (Å²) in [6.45, 7) is 0. The van der Waals surface area contributed by atoms with Crippen molar-refractivity contribution in [2.75, 3.05) is 21.3 Å². The van der Waals surface area contributed by atoms with E-state index in [9.17, 15) is 0 Å². The number of methoxy groups -OCH3 is 3. The molecule has 3 rings (SSSR count). The Morgan fingerprint density at radius 2 is 1.72 bits per heavy atom. The smallest absolute Gasteiger partial charge is 0.277 e. The quantitative estimate of drug-likeness (QED) is 0.590. The lowest BCUT2D eigenvalue weighted by atomic mass is 10.2. The van der Waals surface area contributed by atoms with Crippen molar-refractivity contribution < 1.29 is 18.6 Å². The highest BCUT2D eigenvalue weighted by atomic mass is 32.2. The van der Waals surface area contributed by atoms with E-state index in [0.717, 1.165) is 22.6 Å². The molecule has 7 heteroatoms. The van der Waals surface area contributed by atoms with Gasteiger partial charge in [0.05, 0.1) is 26.9 Å². The van der Waals surface area contributed by atoms with Crippen LogP contribution in [0.15, 0.2) is 52.1 Å². The second kappa shape index (κ2) is 7.94. The van der Waals surface area contributed by atoms with E-state index in [-0.39, 0.29) is 0 Å². The predicted molar refractivity (Wildman–Crippen MR) is 95.4 cm³/mol. The summed E-state index contributed by atoms with van der Waals surface area (Å²) in [5.74, 6) is 3.30. The molecule has 0 radical (unpaired) electrons. The van der Waals surface area contributed by atoms with Crippen molar-refractivity contribution in [3.63, 3.8) is 0 Å². The lowest BCUT2D eigenvalue weighted by Gasteiger charge is -2.09. The Labute approximate surface area is 150 Å². The number of aromatic nitrogens is 2. The summed E-state index contributed by atoms with van der Waals surface area (Å²) in [5.41, 5.74) is 1.76. The average molecular weight is 358 g/mol. The SMILES string of the molecule is COc1ccc(OC)c(CSc2nnc(-c3ccccc3OC)o2)c1. The topological polar surface area (TPSA) is 66.6 Å². The molecule has 1 heterocycles. The van der Waals surface area contributed by atoms with Gasteiger partial charge in [0.25, 0.3) is 11.1 Å². The van der Waals surface area contributed by atoms with Crippen molar-refractivity contribution in [3.8, 4) is 28.7 Å². The van der Waals surface area contributed by atoms with Crippen LogP contribution in [0.4, 0.5) is 0 Å². The molecule has 0 amide bonds. The molecule has 0 spiro atoms. The van der Waals surface area contributed by atoms with Crippen LogP contribution in [0.2, 0.25) is 0 Å². The number of benzene rings is 2. The minimum absolute atomic E-state index is 0.428. The van der Waals surface area contributed by atoms with Crippen LogP contribution >= 0.6 is 11.8 Å². The third-order valence-corrected chi connectivity index (χ3v) is 4.45. The first kappa shape index (κ1) is 17.2. The number of rotatable bonds is 7. The van der Waals surface area contributed by atoms with Crippen LogP contribution in [0.1, 0.15) is 5.56 Å². The molecule has 1 aromatic heterocycles. The van der Waals surface area contributed by atoms with Crippen molar-refractivity contribution in [1.29, 1.82) is 0 Å². The monoisotopic (exact) mass is 358 g/mol. The Bertz CT molecular complexity index is 851. The van der Waals surface area contributed by atoms with Crippen molar-refractivity contribution in [2.24, 2.45) is 0 Å². The predicted octanol–water partition coefficient (Wildman–Crippen LogP) is 4.05. The van der Waals surface area contributed by atoms with Crippen molar-refractivity contribution in [1.82, 2.24) is 10.2 Å². The molecule has 2 aromatic carbocycles. The molecule has 0 aliphatic rings. The summed E-state index contributed by atoms with van der Waals surface area (Å²) in [5, 5.41) is 8.69. The molecule has 0 aliphatic carbocycles. The maximum atomic E-state index is 5.75. The Morgan fingerprint density at radius 3 is 2.48 bits per heavy atom. The number of nitrogens with zero attached hydrogens (tertiary/aromatic N) is 2. The van der Waals surface area contributed by atoms with Crippen molar-refractivity contribution >= 4 is 11.8 Å². The van der Waals surface area contributed by atoms with Gasteiger partial charge in [-0.3, -0.25) is 0 Å². The van der Waals surface area contributed by atoms with E-state index in [1.807, 2.05) is 42.5 Å². The summed E-state index contributed by atoms with van der Waals surface area (Å²) in [6.07, 6.45) is 0. The molecule has 0 bridgehead atoms. The number of ether oxygens (including phenoxy) is 3. The standard InChI is InChI=1S/C18H18N2O4S/c1-21-13-8-9-15(22-2)12(10-13)11-25-18-20-19-17(24-18)14-6-4-5-7-16(14)23-3/h4-10H,11H2,1-3H3. The van der Waals surface area contributed by atoms with E-state index >= 15 is 0 Å². The second-order valence-electron chi connectivity index (χ2n) is 5.04. The summed E-state index contributed by atoms with van der Waals surface area (Å²) in [7, 11) is 4.89. The van der Waals surface area contributed by atoms with Crippen LogP contribution < -0.4 is 14.2 Å². The highest BCUT2D eigenvalue weighted by molar-refractivity contribution is 7.98. The van der Waals surface area contributed by atoms with E-state index in [4.69, 9.17) is 18.6 Å². The second-order valence-corrected chi connectivity index (χ2v) is 5.97. The first-order valence-electron chi connectivity index (χ1n) is 7.55. The lowest BCUT2D eigenvalue weighted by molar-refractivity contribution is 0.400. The van der Waals surface area contributed by atoms with Crippen LogP contribution in [0.3, 0.4) is 0 Å². The molecule has 0 fully saturated rings. The first-order valence-corrected chi connectivity index (χ1v) is 8.54. The molecule has 0 atom stereocenters. The summed E-state index contributed by atoms with van der Waals surface area (Å²) in [4.78, 5) is 0. The molecule has 0 aliphatic heterocycles. The largest absolute Gasteiger partial charge is 0.497 e. The van der Waals surface area contributed by atoms with Gasteiger partial charge < -0.3 is 18.6 Å². The molecule has 0 saturated carbocycles. The fraction of sp³-hybridized carbons (Fsp3) is 0.222. The van der Waals surface area contributed by atoms with Crippen molar-refractivity contribution in [2.45, 2.75) is 11.0 Å². The maximum absolute atomic E-state index is 5.75. The number of hydrogen-bond donors (Lipinski definition) is 0. The van der Waals surface area contributed by atoms with Gasteiger partial charge >= 0.3 is 0 Å². The van der Waals surface area contributed by atoms with Gasteiger partial charge in [-0.2, -0.15) is 0 Å². The Morgan fingerprint density at radius 1 is 0.920 bits per heavy atom. The minimum Gasteiger partial charge on any atom is -0.497 e. The highest BCUT2D eigenvalue weighted by Crippen LogP contribution is 2.33. The zero-order chi connectivity index (χ0) is 17.6. The number of para-hydroxylation sites is 1. The molecule has 0 saturated heterocycles. The summed E-state index contributed by atoms with van der Waals surface area (Å²) in [6, 6.07) is 13.2. The van der Waals surface area contributed by atoms with Gasteiger partial charge in [0.1, 0.15) is 17.2 Å². The van der Waals surface area contributed by atoms with E-state index in [2.05, 4.69) is 10.2 Å². The molecular formula is C18H18N2O4S. The molecular weight excluding hydrogens is 340 g/mol.